The van der Waals surface area contributed by atoms with E-state index in [2.05, 4.69) is 21.3 Å². The molecular formula is C10H16N4OS. The predicted molar refractivity (Wildman–Crippen MR) is 68.4 cm³/mol. The predicted octanol–water partition coefficient (Wildman–Crippen LogP) is 0.975. The normalized spacial score (nSPS) is 11.5. The second kappa shape index (κ2) is 6.22. The molecule has 0 saturated carbocycles. The molecule has 0 unspecified atom stereocenters. The first-order valence-corrected chi connectivity index (χ1v) is 6.22. The van der Waals surface area contributed by atoms with Crippen LogP contribution in [0.15, 0.2) is 23.5 Å². The van der Waals surface area contributed by atoms with E-state index in [9.17, 15) is 0 Å². The Labute approximate surface area is 99.3 Å². The number of nitrogens with zero attached hydrogens (tertiary/aromatic N) is 3. The van der Waals surface area contributed by atoms with Crippen molar-refractivity contribution in [2.75, 3.05) is 30.5 Å². The molecule has 3 N–H and O–H groups in total. The van der Waals surface area contributed by atoms with Gasteiger partial charge in [0.05, 0.1) is 0 Å². The smallest absolute Gasteiger partial charge is 0.171 e. The minimum Gasteiger partial charge on any atom is -0.409 e. The van der Waals surface area contributed by atoms with Crippen LogP contribution in [0.3, 0.4) is 0 Å². The molecule has 5 nitrogen and oxygen atoms in total. The Morgan fingerprint density at radius 3 is 2.88 bits per heavy atom. The Morgan fingerprint density at radius 2 is 2.38 bits per heavy atom. The fourth-order valence-electron chi connectivity index (χ4n) is 1.16. The summed E-state index contributed by atoms with van der Waals surface area (Å²) in [4.78, 5) is 6.31. The van der Waals surface area contributed by atoms with Gasteiger partial charge in [0.25, 0.3) is 0 Å². The van der Waals surface area contributed by atoms with Crippen molar-refractivity contribution in [2.45, 2.75) is 0 Å². The van der Waals surface area contributed by atoms with Gasteiger partial charge in [-0.25, -0.2) is 4.98 Å². The van der Waals surface area contributed by atoms with E-state index in [-0.39, 0.29) is 5.84 Å². The first-order chi connectivity index (χ1) is 7.69. The van der Waals surface area contributed by atoms with Gasteiger partial charge < -0.3 is 15.8 Å². The van der Waals surface area contributed by atoms with Crippen molar-refractivity contribution in [1.29, 1.82) is 0 Å². The molecule has 0 radical (unpaired) electrons. The van der Waals surface area contributed by atoms with Gasteiger partial charge in [0.15, 0.2) is 5.84 Å². The molecule has 0 aromatic carbocycles. The molecule has 16 heavy (non-hydrogen) atoms. The monoisotopic (exact) mass is 240 g/mol. The second-order valence-electron chi connectivity index (χ2n) is 3.30. The summed E-state index contributed by atoms with van der Waals surface area (Å²) >= 11 is 1.79. The second-order valence-corrected chi connectivity index (χ2v) is 4.29. The molecule has 88 valence electrons. The molecule has 0 spiro atoms. The molecule has 0 aliphatic heterocycles. The lowest BCUT2D eigenvalue weighted by atomic mass is 10.2. The lowest BCUT2D eigenvalue weighted by molar-refractivity contribution is 0.318. The largest absolute Gasteiger partial charge is 0.409 e. The van der Waals surface area contributed by atoms with Crippen LogP contribution in [-0.2, 0) is 0 Å². The van der Waals surface area contributed by atoms with Gasteiger partial charge in [-0.1, -0.05) is 5.16 Å². The SMILES string of the molecule is CSCCN(C)c1ccc(/C(N)=N/O)cn1. The van der Waals surface area contributed by atoms with Crippen LogP contribution in [0.1, 0.15) is 5.56 Å². The van der Waals surface area contributed by atoms with E-state index in [1.807, 2.05) is 13.1 Å². The molecule has 0 aliphatic carbocycles. The standard InChI is InChI=1S/C10H16N4OS/c1-14(5-6-16-2)9-4-3-8(7-12-9)10(11)13-15/h3-4,7,15H,5-6H2,1-2H3,(H2,11,13). The maximum Gasteiger partial charge on any atom is 0.171 e. The third-order valence-electron chi connectivity index (χ3n) is 2.17. The summed E-state index contributed by atoms with van der Waals surface area (Å²) in [5, 5.41) is 11.4. The van der Waals surface area contributed by atoms with Crippen LogP contribution >= 0.6 is 11.8 Å². The third kappa shape index (κ3) is 3.30. The molecule has 0 amide bonds. The molecular weight excluding hydrogens is 224 g/mol. The Balaban J connectivity index is 2.71. The summed E-state index contributed by atoms with van der Waals surface area (Å²) in [6.07, 6.45) is 3.67. The van der Waals surface area contributed by atoms with Gasteiger partial charge in [-0.3, -0.25) is 0 Å². The summed E-state index contributed by atoms with van der Waals surface area (Å²) in [5.74, 6) is 2.01. The number of oxime groups is 1. The van der Waals surface area contributed by atoms with Crippen LogP contribution < -0.4 is 10.6 Å². The molecule has 1 rings (SSSR count). The van der Waals surface area contributed by atoms with Crippen LogP contribution in [-0.4, -0.2) is 41.6 Å². The van der Waals surface area contributed by atoms with Gasteiger partial charge in [0, 0.05) is 31.1 Å². The Hall–Kier alpha value is -1.43. The van der Waals surface area contributed by atoms with E-state index in [4.69, 9.17) is 10.9 Å². The number of thioether (sulfide) groups is 1. The first kappa shape index (κ1) is 12.6. The molecule has 0 atom stereocenters. The summed E-state index contributed by atoms with van der Waals surface area (Å²) in [7, 11) is 1.99. The molecule has 6 heteroatoms. The van der Waals surface area contributed by atoms with Crippen molar-refractivity contribution < 1.29 is 5.21 Å². The molecule has 1 heterocycles. The number of hydrogen-bond acceptors (Lipinski definition) is 5. The van der Waals surface area contributed by atoms with E-state index in [1.54, 1.807) is 24.0 Å². The van der Waals surface area contributed by atoms with Crippen LogP contribution in [0.5, 0.6) is 0 Å². The minimum absolute atomic E-state index is 0.0748. The molecule has 1 aromatic rings. The van der Waals surface area contributed by atoms with Gasteiger partial charge in [-0.2, -0.15) is 11.8 Å². The summed E-state index contributed by atoms with van der Waals surface area (Å²) in [5.41, 5.74) is 6.06. The zero-order valence-electron chi connectivity index (χ0n) is 9.42. The molecule has 0 saturated heterocycles. The molecule has 1 aromatic heterocycles. The Morgan fingerprint density at radius 1 is 1.62 bits per heavy atom. The highest BCUT2D eigenvalue weighted by atomic mass is 32.2. The van der Waals surface area contributed by atoms with Gasteiger partial charge in [-0.05, 0) is 18.4 Å². The summed E-state index contributed by atoms with van der Waals surface area (Å²) < 4.78 is 0. The highest BCUT2D eigenvalue weighted by Gasteiger charge is 2.03. The Bertz CT molecular complexity index is 352. The average Bonchev–Trinajstić information content (AvgIpc) is 2.35. The van der Waals surface area contributed by atoms with E-state index in [0.717, 1.165) is 18.1 Å². The fraction of sp³-hybridized carbons (Fsp3) is 0.400. The number of nitrogens with two attached hydrogens (primary N) is 1. The van der Waals surface area contributed by atoms with E-state index < -0.39 is 0 Å². The van der Waals surface area contributed by atoms with Crippen molar-refractivity contribution in [3.05, 3.63) is 23.9 Å². The average molecular weight is 240 g/mol. The van der Waals surface area contributed by atoms with Gasteiger partial charge in [0.2, 0.25) is 0 Å². The van der Waals surface area contributed by atoms with E-state index in [0.29, 0.717) is 5.56 Å². The van der Waals surface area contributed by atoms with Crippen molar-refractivity contribution in [3.63, 3.8) is 0 Å². The number of anilines is 1. The number of rotatable bonds is 5. The molecule has 0 fully saturated rings. The van der Waals surface area contributed by atoms with Crippen LogP contribution in [0.25, 0.3) is 0 Å². The van der Waals surface area contributed by atoms with E-state index >= 15 is 0 Å². The zero-order valence-corrected chi connectivity index (χ0v) is 10.2. The quantitative estimate of drug-likeness (QED) is 0.347. The van der Waals surface area contributed by atoms with Crippen molar-refractivity contribution >= 4 is 23.4 Å². The zero-order chi connectivity index (χ0) is 12.0. The van der Waals surface area contributed by atoms with Crippen LogP contribution in [0, 0.1) is 0 Å². The highest BCUT2D eigenvalue weighted by Crippen LogP contribution is 2.10. The van der Waals surface area contributed by atoms with Gasteiger partial charge in [-0.15, -0.1) is 0 Å². The van der Waals surface area contributed by atoms with Crippen molar-refractivity contribution in [2.24, 2.45) is 10.9 Å². The van der Waals surface area contributed by atoms with Crippen molar-refractivity contribution in [3.8, 4) is 0 Å². The third-order valence-corrected chi connectivity index (χ3v) is 2.76. The summed E-state index contributed by atoms with van der Waals surface area (Å²) in [6.45, 7) is 0.942. The lowest BCUT2D eigenvalue weighted by Gasteiger charge is -2.17. The maximum absolute atomic E-state index is 8.50. The van der Waals surface area contributed by atoms with Crippen LogP contribution in [0.4, 0.5) is 5.82 Å². The maximum atomic E-state index is 8.50. The first-order valence-electron chi connectivity index (χ1n) is 4.83. The number of pyridine rings is 1. The van der Waals surface area contributed by atoms with Gasteiger partial charge in [0.1, 0.15) is 5.82 Å². The topological polar surface area (TPSA) is 74.7 Å². The van der Waals surface area contributed by atoms with Crippen LogP contribution in [0.2, 0.25) is 0 Å². The van der Waals surface area contributed by atoms with Gasteiger partial charge >= 0.3 is 0 Å². The fourth-order valence-corrected chi connectivity index (χ4v) is 1.62. The Kier molecular flexibility index (Phi) is 4.91. The van der Waals surface area contributed by atoms with E-state index in [1.165, 1.54) is 0 Å². The number of aromatic nitrogens is 1. The van der Waals surface area contributed by atoms with Crippen molar-refractivity contribution in [1.82, 2.24) is 4.98 Å². The highest BCUT2D eigenvalue weighted by molar-refractivity contribution is 7.98. The molecule has 0 aliphatic rings. The minimum atomic E-state index is 0.0748. The lowest BCUT2D eigenvalue weighted by Crippen LogP contribution is -2.21. The number of hydrogen-bond donors (Lipinski definition) is 2. The summed E-state index contributed by atoms with van der Waals surface area (Å²) in [6, 6.07) is 3.64. The number of amidine groups is 1. The molecule has 0 bridgehead atoms.